The Labute approximate surface area is 192 Å². The Kier molecular flexibility index (Phi) is 8.54. The van der Waals surface area contributed by atoms with E-state index in [1.165, 1.54) is 31.0 Å². The Hall–Kier alpha value is -2.32. The minimum Gasteiger partial charge on any atom is -0.353 e. The number of thioether (sulfide) groups is 1. The van der Waals surface area contributed by atoms with Crippen molar-refractivity contribution >= 4 is 35.2 Å². The van der Waals surface area contributed by atoms with Gasteiger partial charge in [-0.15, -0.1) is 16.8 Å². The summed E-state index contributed by atoms with van der Waals surface area (Å²) in [6, 6.07) is 6.60. The number of halogens is 1. The van der Waals surface area contributed by atoms with E-state index in [-0.39, 0.29) is 29.7 Å². The summed E-state index contributed by atoms with van der Waals surface area (Å²) in [6.07, 6.45) is 7.45. The number of allylic oxidation sites excluding steroid dienone is 1. The second kappa shape index (κ2) is 11.3. The Balaban J connectivity index is 1.61. The lowest BCUT2D eigenvalue weighted by Crippen LogP contribution is -2.37. The van der Waals surface area contributed by atoms with Crippen LogP contribution in [0.1, 0.15) is 61.3 Å². The van der Waals surface area contributed by atoms with Gasteiger partial charge < -0.3 is 15.2 Å². The van der Waals surface area contributed by atoms with Gasteiger partial charge in [0.15, 0.2) is 11.0 Å². The first-order valence-electron chi connectivity index (χ1n) is 10.5. The lowest BCUT2D eigenvalue weighted by atomic mass is 9.95. The molecule has 1 saturated carbocycles. The number of rotatable bonds is 9. The molecule has 1 fully saturated rings. The maximum atomic E-state index is 12.5. The Morgan fingerprint density at radius 1 is 1.26 bits per heavy atom. The quantitative estimate of drug-likeness (QED) is 0.432. The van der Waals surface area contributed by atoms with Gasteiger partial charge in [-0.25, -0.2) is 0 Å². The van der Waals surface area contributed by atoms with Crippen LogP contribution in [0.25, 0.3) is 0 Å². The molecule has 1 unspecified atom stereocenters. The van der Waals surface area contributed by atoms with E-state index >= 15 is 0 Å². The van der Waals surface area contributed by atoms with E-state index in [1.807, 2.05) is 11.5 Å². The molecule has 7 nitrogen and oxygen atoms in total. The minimum absolute atomic E-state index is 0.00990. The molecular weight excluding hydrogens is 434 g/mol. The molecular formula is C22H28ClN5O2S. The number of carbonyl (C=O) groups excluding carboxylic acids is 2. The number of hydrogen-bond acceptors (Lipinski definition) is 5. The average molecular weight is 462 g/mol. The minimum atomic E-state index is -0.374. The number of carbonyl (C=O) groups is 2. The summed E-state index contributed by atoms with van der Waals surface area (Å²) in [5.74, 6) is 0.670. The van der Waals surface area contributed by atoms with Gasteiger partial charge in [0.1, 0.15) is 0 Å². The van der Waals surface area contributed by atoms with Crippen molar-refractivity contribution < 1.29 is 9.59 Å². The summed E-state index contributed by atoms with van der Waals surface area (Å²) in [5, 5.41) is 15.8. The summed E-state index contributed by atoms with van der Waals surface area (Å²) in [4.78, 5) is 24.9. The molecule has 166 valence electrons. The fourth-order valence-electron chi connectivity index (χ4n) is 3.62. The first kappa shape index (κ1) is 23.3. The molecule has 1 aliphatic carbocycles. The van der Waals surface area contributed by atoms with E-state index in [9.17, 15) is 9.59 Å². The smallest absolute Gasteiger partial charge is 0.251 e. The molecule has 3 rings (SSSR count). The SMILES string of the molecule is C=CCn1c(SCC(=O)NC2CCCCC2)nnc1C(C)NC(=O)c1ccc(Cl)cc1. The summed E-state index contributed by atoms with van der Waals surface area (Å²) in [5.41, 5.74) is 0.514. The third kappa shape index (κ3) is 6.58. The van der Waals surface area contributed by atoms with Crippen LogP contribution in [0.15, 0.2) is 42.1 Å². The van der Waals surface area contributed by atoms with Crippen molar-refractivity contribution in [2.45, 2.75) is 62.8 Å². The highest BCUT2D eigenvalue weighted by Gasteiger charge is 2.21. The highest BCUT2D eigenvalue weighted by molar-refractivity contribution is 7.99. The van der Waals surface area contributed by atoms with Crippen LogP contribution < -0.4 is 10.6 Å². The molecule has 0 radical (unpaired) electrons. The summed E-state index contributed by atoms with van der Waals surface area (Å²) in [6.45, 7) is 6.13. The van der Waals surface area contributed by atoms with Crippen LogP contribution in [0.5, 0.6) is 0 Å². The zero-order valence-electron chi connectivity index (χ0n) is 17.6. The molecule has 1 atom stereocenters. The van der Waals surface area contributed by atoms with Crippen LogP contribution in [-0.4, -0.2) is 38.4 Å². The molecule has 0 saturated heterocycles. The van der Waals surface area contributed by atoms with Gasteiger partial charge in [-0.3, -0.25) is 9.59 Å². The van der Waals surface area contributed by atoms with Crippen LogP contribution in [0.4, 0.5) is 0 Å². The summed E-state index contributed by atoms with van der Waals surface area (Å²) >= 11 is 7.23. The van der Waals surface area contributed by atoms with Gasteiger partial charge in [-0.1, -0.05) is 48.7 Å². The van der Waals surface area contributed by atoms with Crippen molar-refractivity contribution in [2.75, 3.05) is 5.75 Å². The Morgan fingerprint density at radius 2 is 1.97 bits per heavy atom. The number of amides is 2. The molecule has 31 heavy (non-hydrogen) atoms. The molecule has 2 aromatic rings. The number of hydrogen-bond donors (Lipinski definition) is 2. The zero-order chi connectivity index (χ0) is 22.2. The highest BCUT2D eigenvalue weighted by Crippen LogP contribution is 2.22. The number of benzene rings is 1. The predicted octanol–water partition coefficient (Wildman–Crippen LogP) is 4.15. The van der Waals surface area contributed by atoms with Gasteiger partial charge in [0.05, 0.1) is 11.8 Å². The first-order chi connectivity index (χ1) is 15.0. The fraction of sp³-hybridized carbons (Fsp3) is 0.455. The normalized spacial score (nSPS) is 15.3. The third-order valence-electron chi connectivity index (χ3n) is 5.20. The molecule has 1 aromatic heterocycles. The van der Waals surface area contributed by atoms with Crippen molar-refractivity contribution in [3.8, 4) is 0 Å². The van der Waals surface area contributed by atoms with E-state index in [4.69, 9.17) is 11.6 Å². The largest absolute Gasteiger partial charge is 0.353 e. The maximum absolute atomic E-state index is 12.5. The van der Waals surface area contributed by atoms with Gasteiger partial charge >= 0.3 is 0 Å². The van der Waals surface area contributed by atoms with E-state index in [2.05, 4.69) is 27.4 Å². The van der Waals surface area contributed by atoms with Crippen molar-refractivity contribution in [2.24, 2.45) is 0 Å². The molecule has 0 aliphatic heterocycles. The molecule has 1 aromatic carbocycles. The van der Waals surface area contributed by atoms with Crippen molar-refractivity contribution in [1.82, 2.24) is 25.4 Å². The van der Waals surface area contributed by atoms with Gasteiger partial charge in [0.2, 0.25) is 5.91 Å². The van der Waals surface area contributed by atoms with Crippen molar-refractivity contribution in [3.05, 3.63) is 53.3 Å². The summed E-state index contributed by atoms with van der Waals surface area (Å²) < 4.78 is 1.87. The Bertz CT molecular complexity index is 909. The van der Waals surface area contributed by atoms with Crippen LogP contribution in [0.2, 0.25) is 5.02 Å². The second-order valence-corrected chi connectivity index (χ2v) is 9.01. The van der Waals surface area contributed by atoms with Crippen molar-refractivity contribution in [1.29, 1.82) is 0 Å². The molecule has 2 amide bonds. The number of nitrogens with one attached hydrogen (secondary N) is 2. The number of aromatic nitrogens is 3. The van der Waals surface area contributed by atoms with Gasteiger partial charge in [0.25, 0.3) is 5.91 Å². The van der Waals surface area contributed by atoms with E-state index < -0.39 is 0 Å². The van der Waals surface area contributed by atoms with Gasteiger partial charge in [-0.2, -0.15) is 0 Å². The molecule has 0 spiro atoms. The predicted molar refractivity (Wildman–Crippen MR) is 123 cm³/mol. The second-order valence-electron chi connectivity index (χ2n) is 7.63. The monoisotopic (exact) mass is 461 g/mol. The lowest BCUT2D eigenvalue weighted by Gasteiger charge is -2.22. The highest BCUT2D eigenvalue weighted by atomic mass is 35.5. The van der Waals surface area contributed by atoms with Crippen LogP contribution in [0, 0.1) is 0 Å². The van der Waals surface area contributed by atoms with Crippen LogP contribution >= 0.6 is 23.4 Å². The van der Waals surface area contributed by atoms with E-state index in [0.29, 0.717) is 28.1 Å². The number of nitrogens with zero attached hydrogens (tertiary/aromatic N) is 3. The fourth-order valence-corrected chi connectivity index (χ4v) is 4.51. The average Bonchev–Trinajstić information content (AvgIpc) is 3.16. The standard InChI is InChI=1S/C22H28ClN5O2S/c1-3-13-28-20(15(2)24-21(30)16-9-11-17(23)12-10-16)26-27-22(28)31-14-19(29)25-18-7-5-4-6-8-18/h3,9-12,15,18H,1,4-8,13-14H2,2H3,(H,24,30)(H,25,29). The third-order valence-corrected chi connectivity index (χ3v) is 6.42. The van der Waals surface area contributed by atoms with Gasteiger partial charge in [0, 0.05) is 23.2 Å². The summed E-state index contributed by atoms with van der Waals surface area (Å²) in [7, 11) is 0. The van der Waals surface area contributed by atoms with Crippen LogP contribution in [0.3, 0.4) is 0 Å². The van der Waals surface area contributed by atoms with Crippen molar-refractivity contribution in [3.63, 3.8) is 0 Å². The molecule has 9 heteroatoms. The van der Waals surface area contributed by atoms with E-state index in [1.54, 1.807) is 30.3 Å². The molecule has 1 aliphatic rings. The van der Waals surface area contributed by atoms with Gasteiger partial charge in [-0.05, 0) is 44.0 Å². The van der Waals surface area contributed by atoms with E-state index in [0.717, 1.165) is 12.8 Å². The van der Waals surface area contributed by atoms with Crippen LogP contribution in [-0.2, 0) is 11.3 Å². The first-order valence-corrected chi connectivity index (χ1v) is 11.9. The molecule has 0 bridgehead atoms. The molecule has 2 N–H and O–H groups in total. The lowest BCUT2D eigenvalue weighted by molar-refractivity contribution is -0.119. The zero-order valence-corrected chi connectivity index (χ0v) is 19.2. The maximum Gasteiger partial charge on any atom is 0.251 e. The topological polar surface area (TPSA) is 88.9 Å². The Morgan fingerprint density at radius 3 is 2.65 bits per heavy atom. The molecule has 1 heterocycles.